The van der Waals surface area contributed by atoms with E-state index in [1.165, 1.54) is 9.79 Å². The first-order chi connectivity index (χ1) is 20.8. The Hall–Kier alpha value is -4.85. The zero-order chi connectivity index (χ0) is 27.9. The third-order valence-corrected chi connectivity index (χ3v) is 9.39. The minimum atomic E-state index is 0.647. The molecule has 0 radical (unpaired) electrons. The Morgan fingerprint density at radius 2 is 0.762 bits per heavy atom. The summed E-state index contributed by atoms with van der Waals surface area (Å²) in [6, 6.07) is 43.1. The van der Waals surface area contributed by atoms with Gasteiger partial charge in [0.1, 0.15) is 10.1 Å². The first kappa shape index (κ1) is 24.9. The number of aromatic nitrogens is 5. The molecule has 3 heterocycles. The lowest BCUT2D eigenvalue weighted by Gasteiger charge is -2.18. The molecule has 2 aromatic heterocycles. The quantitative estimate of drug-likeness (QED) is 0.207. The van der Waals surface area contributed by atoms with Gasteiger partial charge in [-0.05, 0) is 35.4 Å². The molecule has 198 valence electrons. The van der Waals surface area contributed by atoms with Crippen molar-refractivity contribution in [1.29, 1.82) is 0 Å². The van der Waals surface area contributed by atoms with Gasteiger partial charge in [-0.3, -0.25) is 0 Å². The molecule has 42 heavy (non-hydrogen) atoms. The van der Waals surface area contributed by atoms with Crippen LogP contribution >= 0.6 is 23.5 Å². The van der Waals surface area contributed by atoms with E-state index in [9.17, 15) is 0 Å². The Labute approximate surface area is 251 Å². The summed E-state index contributed by atoms with van der Waals surface area (Å²) in [5.74, 6) is 1.96. The average Bonchev–Trinajstić information content (AvgIpc) is 3.07. The molecular formula is C35H21N5S2. The van der Waals surface area contributed by atoms with Crippen LogP contribution in [-0.2, 0) is 0 Å². The largest absolute Gasteiger partial charge is 0.237 e. The minimum absolute atomic E-state index is 0.647. The molecule has 7 aromatic rings. The van der Waals surface area contributed by atoms with Crippen LogP contribution in [0.3, 0.4) is 0 Å². The Kier molecular flexibility index (Phi) is 6.24. The van der Waals surface area contributed by atoms with Crippen LogP contribution in [0.5, 0.6) is 0 Å². The molecule has 0 saturated heterocycles. The van der Waals surface area contributed by atoms with Crippen molar-refractivity contribution in [3.8, 4) is 45.3 Å². The molecule has 0 saturated carbocycles. The van der Waals surface area contributed by atoms with Crippen LogP contribution in [0.1, 0.15) is 0 Å². The Balaban J connectivity index is 1.13. The Bertz CT molecular complexity index is 2020. The fourth-order valence-corrected chi connectivity index (χ4v) is 7.03. The van der Waals surface area contributed by atoms with E-state index < -0.39 is 0 Å². The maximum atomic E-state index is 4.88. The van der Waals surface area contributed by atoms with Crippen LogP contribution in [0.25, 0.3) is 56.3 Å². The summed E-state index contributed by atoms with van der Waals surface area (Å²) in [4.78, 5) is 26.6. The number of rotatable bonds is 4. The van der Waals surface area contributed by atoms with Gasteiger partial charge in [-0.2, -0.15) is 0 Å². The van der Waals surface area contributed by atoms with E-state index >= 15 is 0 Å². The summed E-state index contributed by atoms with van der Waals surface area (Å²) in [5, 5.41) is 1.92. The molecular weight excluding hydrogens is 555 g/mol. The van der Waals surface area contributed by atoms with Crippen molar-refractivity contribution in [1.82, 2.24) is 24.9 Å². The highest BCUT2D eigenvalue weighted by Crippen LogP contribution is 2.48. The van der Waals surface area contributed by atoms with Crippen LogP contribution in [0.2, 0.25) is 0 Å². The molecule has 5 aromatic carbocycles. The van der Waals surface area contributed by atoms with Gasteiger partial charge in [-0.25, -0.2) is 24.9 Å². The molecule has 0 atom stereocenters. The highest BCUT2D eigenvalue weighted by Gasteiger charge is 2.21. The predicted octanol–water partition coefficient (Wildman–Crippen LogP) is 9.10. The molecule has 0 fully saturated rings. The normalized spacial score (nSPS) is 12.1. The molecule has 0 spiro atoms. The third-order valence-electron chi connectivity index (χ3n) is 7.04. The maximum Gasteiger partial charge on any atom is 0.164 e. The number of fused-ring (bicyclic) bond motifs is 3. The average molecular weight is 576 g/mol. The monoisotopic (exact) mass is 575 g/mol. The number of hydrogen-bond donors (Lipinski definition) is 0. The van der Waals surface area contributed by atoms with Gasteiger partial charge in [0.25, 0.3) is 0 Å². The third kappa shape index (κ3) is 4.72. The fourth-order valence-electron chi connectivity index (χ4n) is 4.91. The standard InChI is InChI=1S/C35H21N5S2/c1-3-9-23(10-4-1)31-38-32(24-11-5-2-6-12-24)40-33(39-31)25-17-15-22(16-18-25)26-19-20-29-30(21-26)42-35-34(41-29)36-27-13-7-8-14-28(27)37-35/h1-21H. The van der Waals surface area contributed by atoms with E-state index in [2.05, 4.69) is 42.5 Å². The molecule has 8 rings (SSSR count). The second-order valence-electron chi connectivity index (χ2n) is 9.80. The molecule has 1 aliphatic rings. The number of nitrogens with zero attached hydrogens (tertiary/aromatic N) is 5. The zero-order valence-corrected chi connectivity index (χ0v) is 23.8. The van der Waals surface area contributed by atoms with Gasteiger partial charge in [0, 0.05) is 26.5 Å². The van der Waals surface area contributed by atoms with E-state index in [1.54, 1.807) is 23.5 Å². The summed E-state index contributed by atoms with van der Waals surface area (Å²) in [7, 11) is 0. The summed E-state index contributed by atoms with van der Waals surface area (Å²) in [6.07, 6.45) is 0. The Morgan fingerprint density at radius 3 is 1.31 bits per heavy atom. The molecule has 0 amide bonds. The first-order valence-electron chi connectivity index (χ1n) is 13.5. The van der Waals surface area contributed by atoms with Gasteiger partial charge in [-0.15, -0.1) is 0 Å². The minimum Gasteiger partial charge on any atom is -0.237 e. The molecule has 0 N–H and O–H groups in total. The summed E-state index contributed by atoms with van der Waals surface area (Å²) >= 11 is 3.37. The van der Waals surface area contributed by atoms with Crippen molar-refractivity contribution >= 4 is 34.6 Å². The SMILES string of the molecule is c1ccc(-c2nc(-c3ccccc3)nc(-c3ccc(-c4ccc5c(c4)Sc4nc6ccccc6nc4S5)cc3)n2)cc1. The highest BCUT2D eigenvalue weighted by molar-refractivity contribution is 8.05. The van der Waals surface area contributed by atoms with Crippen LogP contribution < -0.4 is 0 Å². The van der Waals surface area contributed by atoms with Crippen molar-refractivity contribution in [3.05, 3.63) is 127 Å². The molecule has 0 aliphatic carbocycles. The number of benzene rings is 5. The van der Waals surface area contributed by atoms with Crippen molar-refractivity contribution < 1.29 is 0 Å². The van der Waals surface area contributed by atoms with Gasteiger partial charge in [-0.1, -0.05) is 127 Å². The van der Waals surface area contributed by atoms with Gasteiger partial charge in [0.05, 0.1) is 11.0 Å². The molecule has 0 bridgehead atoms. The van der Waals surface area contributed by atoms with E-state index in [-0.39, 0.29) is 0 Å². The van der Waals surface area contributed by atoms with Crippen LogP contribution in [0.4, 0.5) is 0 Å². The van der Waals surface area contributed by atoms with Gasteiger partial charge >= 0.3 is 0 Å². The molecule has 5 nitrogen and oxygen atoms in total. The van der Waals surface area contributed by atoms with E-state index in [0.29, 0.717) is 17.5 Å². The second kappa shape index (κ2) is 10.5. The first-order valence-corrected chi connectivity index (χ1v) is 15.1. The topological polar surface area (TPSA) is 64.5 Å². The van der Waals surface area contributed by atoms with Gasteiger partial charge in [0.15, 0.2) is 17.5 Å². The van der Waals surface area contributed by atoms with E-state index in [1.807, 2.05) is 84.9 Å². The van der Waals surface area contributed by atoms with Crippen LogP contribution in [0, 0.1) is 0 Å². The van der Waals surface area contributed by atoms with Crippen molar-refractivity contribution in [2.45, 2.75) is 19.8 Å². The van der Waals surface area contributed by atoms with Gasteiger partial charge < -0.3 is 0 Å². The van der Waals surface area contributed by atoms with E-state index in [4.69, 9.17) is 24.9 Å². The Morgan fingerprint density at radius 1 is 0.333 bits per heavy atom. The molecule has 0 unspecified atom stereocenters. The zero-order valence-electron chi connectivity index (χ0n) is 22.2. The predicted molar refractivity (Wildman–Crippen MR) is 169 cm³/mol. The van der Waals surface area contributed by atoms with Crippen molar-refractivity contribution in [2.24, 2.45) is 0 Å². The van der Waals surface area contributed by atoms with Crippen LogP contribution in [0.15, 0.2) is 147 Å². The second-order valence-corrected chi connectivity index (χ2v) is 11.9. The maximum absolute atomic E-state index is 4.88. The van der Waals surface area contributed by atoms with Crippen molar-refractivity contribution in [3.63, 3.8) is 0 Å². The summed E-state index contributed by atoms with van der Waals surface area (Å²) in [6.45, 7) is 0. The number of hydrogen-bond acceptors (Lipinski definition) is 7. The van der Waals surface area contributed by atoms with Gasteiger partial charge in [0.2, 0.25) is 0 Å². The lowest BCUT2D eigenvalue weighted by Crippen LogP contribution is -2.00. The van der Waals surface area contributed by atoms with Crippen molar-refractivity contribution in [2.75, 3.05) is 0 Å². The highest BCUT2D eigenvalue weighted by atomic mass is 32.2. The number of para-hydroxylation sites is 2. The summed E-state index contributed by atoms with van der Waals surface area (Å²) in [5.41, 5.74) is 6.98. The summed E-state index contributed by atoms with van der Waals surface area (Å²) < 4.78 is 0. The smallest absolute Gasteiger partial charge is 0.164 e. The van der Waals surface area contributed by atoms with Crippen LogP contribution in [-0.4, -0.2) is 24.9 Å². The lowest BCUT2D eigenvalue weighted by molar-refractivity contribution is 0.953. The lowest BCUT2D eigenvalue weighted by atomic mass is 10.0. The fraction of sp³-hybridized carbons (Fsp3) is 0. The molecule has 7 heteroatoms. The molecule has 1 aliphatic heterocycles. The van der Waals surface area contributed by atoms with E-state index in [0.717, 1.165) is 48.9 Å².